The van der Waals surface area contributed by atoms with Crippen LogP contribution in [0.15, 0.2) is 40.7 Å². The molecular formula is C30H39N3O3. The summed E-state index contributed by atoms with van der Waals surface area (Å²) in [7, 11) is 0. The Morgan fingerprint density at radius 3 is 2.56 bits per heavy atom. The quantitative estimate of drug-likeness (QED) is 0.409. The Bertz CT molecular complexity index is 1250. The Morgan fingerprint density at radius 1 is 1.11 bits per heavy atom. The van der Waals surface area contributed by atoms with Crippen LogP contribution in [0.3, 0.4) is 0 Å². The van der Waals surface area contributed by atoms with Crippen molar-refractivity contribution < 1.29 is 9.53 Å². The van der Waals surface area contributed by atoms with E-state index in [0.29, 0.717) is 23.0 Å². The lowest BCUT2D eigenvalue weighted by atomic mass is 9.47. The van der Waals surface area contributed by atoms with Crippen molar-refractivity contribution >= 4 is 17.0 Å². The van der Waals surface area contributed by atoms with E-state index in [1.54, 1.807) is 12.5 Å². The molecule has 3 unspecified atom stereocenters. The van der Waals surface area contributed by atoms with E-state index in [4.69, 9.17) is 4.74 Å². The molecule has 192 valence electrons. The third-order valence-corrected chi connectivity index (χ3v) is 9.99. The fraction of sp³-hybridized carbons (Fsp3) is 0.633. The number of nitrogens with zero attached hydrogens (tertiary/aromatic N) is 3. The molecule has 6 nitrogen and oxygen atoms in total. The van der Waals surface area contributed by atoms with E-state index in [0.717, 1.165) is 36.7 Å². The van der Waals surface area contributed by atoms with Gasteiger partial charge in [0, 0.05) is 24.7 Å². The van der Waals surface area contributed by atoms with Gasteiger partial charge in [0.15, 0.2) is 0 Å². The number of aromatic nitrogens is 2. The van der Waals surface area contributed by atoms with Crippen molar-refractivity contribution in [2.75, 3.05) is 13.2 Å². The smallest absolute Gasteiger partial charge is 0.362 e. The number of piperidine rings is 2. The molecule has 0 spiro atoms. The number of carbonyl (C=O) groups is 1. The summed E-state index contributed by atoms with van der Waals surface area (Å²) in [6.07, 6.45) is 12.1. The molecule has 3 heterocycles. The van der Waals surface area contributed by atoms with Crippen molar-refractivity contribution in [3.8, 4) is 0 Å². The molecule has 1 aromatic carbocycles. The van der Waals surface area contributed by atoms with Gasteiger partial charge in [-0.2, -0.15) is 0 Å². The van der Waals surface area contributed by atoms with E-state index in [1.807, 2.05) is 28.8 Å². The van der Waals surface area contributed by atoms with E-state index < -0.39 is 5.97 Å². The Labute approximate surface area is 213 Å². The SMILES string of the molecule is CCOC(=O)c1nc2ccccc2n(C2C[C@H]3CCC[C@@H](C2)N3CC=C2CCC3CC2C3(C)C)c1=O. The highest BCUT2D eigenvalue weighted by atomic mass is 16.5. The first-order valence-electron chi connectivity index (χ1n) is 14.0. The first-order valence-corrected chi connectivity index (χ1v) is 14.0. The van der Waals surface area contributed by atoms with Crippen LogP contribution in [0.1, 0.15) is 88.7 Å². The summed E-state index contributed by atoms with van der Waals surface area (Å²) >= 11 is 0. The number of rotatable bonds is 5. The molecular weight excluding hydrogens is 450 g/mol. The standard InChI is InChI=1S/C30H39N3O3/c1-4-36-29(35)27-28(34)33(26-11-6-5-10-25(26)31-27)23-17-21-8-7-9-22(18-23)32(21)15-14-19-12-13-20-16-24(19)30(20,2)3/h5-6,10-11,14,20-24H,4,7-9,12-13,15-18H2,1-3H3/t20?,21-,22+,23?,24?. The third kappa shape index (κ3) is 3.84. The van der Waals surface area contributed by atoms with Crippen molar-refractivity contribution in [1.82, 2.24) is 14.5 Å². The van der Waals surface area contributed by atoms with Gasteiger partial charge in [-0.05, 0) is 81.3 Å². The molecule has 7 rings (SSSR count). The highest BCUT2D eigenvalue weighted by molar-refractivity contribution is 5.89. The predicted octanol–water partition coefficient (Wildman–Crippen LogP) is 5.51. The molecule has 0 N–H and O–H groups in total. The largest absolute Gasteiger partial charge is 0.461 e. The van der Waals surface area contributed by atoms with Crippen molar-refractivity contribution in [3.05, 3.63) is 52.0 Å². The molecule has 2 aromatic rings. The topological polar surface area (TPSA) is 64.4 Å². The van der Waals surface area contributed by atoms with Crippen LogP contribution in [0.25, 0.3) is 11.0 Å². The van der Waals surface area contributed by atoms with Gasteiger partial charge in [0.2, 0.25) is 5.69 Å². The number of allylic oxidation sites excluding steroid dienone is 1. The molecule has 2 aliphatic heterocycles. The molecule has 36 heavy (non-hydrogen) atoms. The summed E-state index contributed by atoms with van der Waals surface area (Å²) in [5.74, 6) is 1.07. The molecule has 4 bridgehead atoms. The number of esters is 1. The van der Waals surface area contributed by atoms with Crippen molar-refractivity contribution in [2.24, 2.45) is 17.3 Å². The van der Waals surface area contributed by atoms with Crippen LogP contribution in [0, 0.1) is 17.3 Å². The van der Waals surface area contributed by atoms with Crippen molar-refractivity contribution in [1.29, 1.82) is 0 Å². The lowest BCUT2D eigenvalue weighted by Gasteiger charge is -2.58. The van der Waals surface area contributed by atoms with E-state index in [1.165, 1.54) is 38.5 Å². The Morgan fingerprint density at radius 2 is 1.86 bits per heavy atom. The van der Waals surface area contributed by atoms with E-state index in [9.17, 15) is 9.59 Å². The zero-order valence-corrected chi connectivity index (χ0v) is 21.9. The normalized spacial score (nSPS) is 32.3. The minimum absolute atomic E-state index is 0.0683. The average Bonchev–Trinajstić information content (AvgIpc) is 2.86. The summed E-state index contributed by atoms with van der Waals surface area (Å²) in [6.45, 7) is 7.93. The molecule has 5 atom stereocenters. The number of ether oxygens (including phenoxy) is 1. The number of hydrogen-bond donors (Lipinski definition) is 0. The van der Waals surface area contributed by atoms with Gasteiger partial charge >= 0.3 is 5.97 Å². The van der Waals surface area contributed by atoms with Crippen LogP contribution < -0.4 is 5.56 Å². The molecule has 2 saturated heterocycles. The summed E-state index contributed by atoms with van der Waals surface area (Å²) in [4.78, 5) is 33.3. The van der Waals surface area contributed by atoms with Crippen molar-refractivity contribution in [2.45, 2.75) is 90.3 Å². The fourth-order valence-corrected chi connectivity index (χ4v) is 7.93. The van der Waals surface area contributed by atoms with Crippen LogP contribution in [-0.2, 0) is 4.74 Å². The highest BCUT2D eigenvalue weighted by Gasteiger charge is 2.52. The van der Waals surface area contributed by atoms with E-state index in [2.05, 4.69) is 29.8 Å². The number of fused-ring (bicyclic) bond motifs is 5. The van der Waals surface area contributed by atoms with Crippen LogP contribution in [-0.4, -0.2) is 45.7 Å². The van der Waals surface area contributed by atoms with Gasteiger partial charge < -0.3 is 9.30 Å². The third-order valence-electron chi connectivity index (χ3n) is 9.99. The van der Waals surface area contributed by atoms with Gasteiger partial charge in [-0.25, -0.2) is 9.78 Å². The van der Waals surface area contributed by atoms with E-state index >= 15 is 0 Å². The summed E-state index contributed by atoms with van der Waals surface area (Å²) in [5, 5.41) is 0. The monoisotopic (exact) mass is 489 g/mol. The average molecular weight is 490 g/mol. The van der Waals surface area contributed by atoms with Crippen LogP contribution in [0.2, 0.25) is 0 Å². The van der Waals surface area contributed by atoms with Crippen molar-refractivity contribution in [3.63, 3.8) is 0 Å². The van der Waals surface area contributed by atoms with Gasteiger partial charge in [0.05, 0.1) is 17.6 Å². The van der Waals surface area contributed by atoms with Gasteiger partial charge in [0.25, 0.3) is 5.56 Å². The molecule has 5 aliphatic rings. The zero-order chi connectivity index (χ0) is 25.0. The summed E-state index contributed by atoms with van der Waals surface area (Å²) in [5.41, 5.74) is 3.27. The fourth-order valence-electron chi connectivity index (χ4n) is 7.93. The maximum absolute atomic E-state index is 13.6. The molecule has 0 amide bonds. The molecule has 1 aromatic heterocycles. The summed E-state index contributed by atoms with van der Waals surface area (Å²) in [6, 6.07) is 8.70. The van der Waals surface area contributed by atoms with Gasteiger partial charge in [-0.1, -0.05) is 44.1 Å². The second-order valence-corrected chi connectivity index (χ2v) is 12.0. The lowest BCUT2D eigenvalue weighted by Crippen LogP contribution is -2.53. The number of para-hydroxylation sites is 2. The van der Waals surface area contributed by atoms with Crippen LogP contribution >= 0.6 is 0 Å². The predicted molar refractivity (Wildman–Crippen MR) is 141 cm³/mol. The number of hydrogen-bond acceptors (Lipinski definition) is 5. The number of carbonyl (C=O) groups excluding carboxylic acids is 1. The van der Waals surface area contributed by atoms with Gasteiger partial charge in [0.1, 0.15) is 0 Å². The summed E-state index contributed by atoms with van der Waals surface area (Å²) < 4.78 is 7.05. The second kappa shape index (κ2) is 9.13. The van der Waals surface area contributed by atoms with E-state index in [-0.39, 0.29) is 23.9 Å². The zero-order valence-electron chi connectivity index (χ0n) is 21.9. The Kier molecular flexibility index (Phi) is 6.06. The molecule has 6 heteroatoms. The minimum atomic E-state index is -0.625. The van der Waals surface area contributed by atoms with Gasteiger partial charge in [-0.15, -0.1) is 0 Å². The molecule has 3 saturated carbocycles. The maximum atomic E-state index is 13.6. The molecule has 5 fully saturated rings. The lowest BCUT2D eigenvalue weighted by molar-refractivity contribution is -0.0288. The van der Waals surface area contributed by atoms with Gasteiger partial charge in [-0.3, -0.25) is 9.69 Å². The van der Waals surface area contributed by atoms with Crippen LogP contribution in [0.4, 0.5) is 0 Å². The molecule has 3 aliphatic carbocycles. The number of benzene rings is 1. The maximum Gasteiger partial charge on any atom is 0.362 e. The second-order valence-electron chi connectivity index (χ2n) is 12.0. The molecule has 0 radical (unpaired) electrons. The highest BCUT2D eigenvalue weighted by Crippen LogP contribution is 2.61. The Hall–Kier alpha value is -2.47. The first kappa shape index (κ1) is 23.9. The van der Waals surface area contributed by atoms with Crippen LogP contribution in [0.5, 0.6) is 0 Å². The minimum Gasteiger partial charge on any atom is -0.461 e. The Balaban J connectivity index is 1.29. The first-order chi connectivity index (χ1) is 17.4.